The molecule has 0 aliphatic carbocycles. The Balaban J connectivity index is 1.59. The number of fused-ring (bicyclic) bond motifs is 1. The fourth-order valence-electron chi connectivity index (χ4n) is 4.54. The summed E-state index contributed by atoms with van der Waals surface area (Å²) in [5.74, 6) is 0.426. The highest BCUT2D eigenvalue weighted by Crippen LogP contribution is 2.34. The lowest BCUT2D eigenvalue weighted by molar-refractivity contribution is 0.0978. The largest absolute Gasteiger partial charge is 0.494 e. The first kappa shape index (κ1) is 28.4. The summed E-state index contributed by atoms with van der Waals surface area (Å²) >= 11 is 1.43. The molecule has 0 saturated carbocycles. The van der Waals surface area contributed by atoms with Crippen LogP contribution in [-0.4, -0.2) is 88.1 Å². The number of hydrogen-bond donors (Lipinski definition) is 0. The van der Waals surface area contributed by atoms with Gasteiger partial charge >= 0.3 is 0 Å². The molecule has 1 saturated heterocycles. The van der Waals surface area contributed by atoms with Crippen molar-refractivity contribution in [3.63, 3.8) is 0 Å². The highest BCUT2D eigenvalue weighted by Gasteiger charge is 2.27. The van der Waals surface area contributed by atoms with Gasteiger partial charge in [0, 0.05) is 38.9 Å². The molecule has 4 rings (SSSR count). The van der Waals surface area contributed by atoms with Gasteiger partial charge in [-0.15, -0.1) is 0 Å². The van der Waals surface area contributed by atoms with E-state index in [0.29, 0.717) is 48.2 Å². The van der Waals surface area contributed by atoms with Gasteiger partial charge in [-0.25, -0.2) is 13.4 Å². The van der Waals surface area contributed by atoms with Crippen LogP contribution in [0.25, 0.3) is 10.2 Å². The van der Waals surface area contributed by atoms with Crippen molar-refractivity contribution in [2.75, 3.05) is 58.4 Å². The van der Waals surface area contributed by atoms with Crippen LogP contribution in [0.15, 0.2) is 47.4 Å². The minimum Gasteiger partial charge on any atom is -0.494 e. The second-order valence-electron chi connectivity index (χ2n) is 9.23. The number of sulfonamides is 1. The molecule has 0 spiro atoms. The van der Waals surface area contributed by atoms with Gasteiger partial charge in [-0.1, -0.05) is 31.3 Å². The summed E-state index contributed by atoms with van der Waals surface area (Å²) in [6, 6.07) is 11.9. The highest BCUT2D eigenvalue weighted by molar-refractivity contribution is 7.89. The molecule has 2 aromatic carbocycles. The van der Waals surface area contributed by atoms with Crippen LogP contribution in [0.4, 0.5) is 5.13 Å². The maximum Gasteiger partial charge on any atom is 0.260 e. The standard InChI is InChI=1S/C27H36N4O5S2/c1-5-30(6-2)16-17-31(27-28-25-23(35-4)10-7-11-24(25)37-27)26(32)20-12-14-22(15-13-20)38(33,34)29(3)19-21-9-8-18-36-21/h7,10-15,21H,5-6,8-9,16-19H2,1-4H3. The molecule has 0 radical (unpaired) electrons. The van der Waals surface area contributed by atoms with Crippen molar-refractivity contribution in [3.05, 3.63) is 48.0 Å². The van der Waals surface area contributed by atoms with E-state index in [2.05, 4.69) is 18.7 Å². The number of carbonyl (C=O) groups is 1. The molecular weight excluding hydrogens is 524 g/mol. The lowest BCUT2D eigenvalue weighted by atomic mass is 10.2. The molecule has 9 nitrogen and oxygen atoms in total. The number of ether oxygens (including phenoxy) is 2. The van der Waals surface area contributed by atoms with Gasteiger partial charge < -0.3 is 14.4 Å². The molecule has 206 valence electrons. The normalized spacial score (nSPS) is 16.0. The van der Waals surface area contributed by atoms with E-state index >= 15 is 0 Å². The molecule has 3 aromatic rings. The summed E-state index contributed by atoms with van der Waals surface area (Å²) in [4.78, 5) is 22.6. The van der Waals surface area contributed by atoms with Gasteiger partial charge in [-0.3, -0.25) is 9.69 Å². The van der Waals surface area contributed by atoms with Crippen LogP contribution in [0.3, 0.4) is 0 Å². The maximum atomic E-state index is 13.8. The smallest absolute Gasteiger partial charge is 0.260 e. The minimum absolute atomic E-state index is 0.0811. The van der Waals surface area contributed by atoms with Gasteiger partial charge in [0.1, 0.15) is 11.3 Å². The third-order valence-corrected chi connectivity index (χ3v) is 9.78. The molecule has 1 aliphatic rings. The Morgan fingerprint density at radius 1 is 1.13 bits per heavy atom. The van der Waals surface area contributed by atoms with Gasteiger partial charge in [0.15, 0.2) is 5.13 Å². The molecule has 1 aromatic heterocycles. The summed E-state index contributed by atoms with van der Waals surface area (Å²) in [6.07, 6.45) is 1.72. The average Bonchev–Trinajstić information content (AvgIpc) is 3.60. The third-order valence-electron chi connectivity index (χ3n) is 6.90. The van der Waals surface area contributed by atoms with Crippen molar-refractivity contribution in [2.24, 2.45) is 0 Å². The van der Waals surface area contributed by atoms with Crippen molar-refractivity contribution in [1.82, 2.24) is 14.2 Å². The molecule has 2 heterocycles. The predicted octanol–water partition coefficient (Wildman–Crippen LogP) is 4.09. The number of likely N-dealkylation sites (N-methyl/N-ethyl adjacent to an activating group) is 2. The fraction of sp³-hybridized carbons (Fsp3) is 0.481. The van der Waals surface area contributed by atoms with Crippen LogP contribution >= 0.6 is 11.3 Å². The first-order valence-electron chi connectivity index (χ1n) is 12.9. The van der Waals surface area contributed by atoms with Crippen LogP contribution in [0.1, 0.15) is 37.0 Å². The Kier molecular flexibility index (Phi) is 9.37. The minimum atomic E-state index is -3.70. The Morgan fingerprint density at radius 2 is 1.87 bits per heavy atom. The van der Waals surface area contributed by atoms with Gasteiger partial charge in [-0.05, 0) is 62.3 Å². The first-order chi connectivity index (χ1) is 18.3. The monoisotopic (exact) mass is 560 g/mol. The zero-order valence-electron chi connectivity index (χ0n) is 22.4. The molecule has 11 heteroatoms. The van der Waals surface area contributed by atoms with E-state index in [1.807, 2.05) is 18.2 Å². The number of amides is 1. The van der Waals surface area contributed by atoms with E-state index in [9.17, 15) is 13.2 Å². The second kappa shape index (κ2) is 12.5. The number of anilines is 1. The number of para-hydroxylation sites is 1. The molecule has 1 amide bonds. The number of methoxy groups -OCH3 is 1. The van der Waals surface area contributed by atoms with Crippen LogP contribution in [-0.2, 0) is 14.8 Å². The number of aromatic nitrogens is 1. The van der Waals surface area contributed by atoms with Gasteiger partial charge in [0.2, 0.25) is 10.0 Å². The fourth-order valence-corrected chi connectivity index (χ4v) is 6.75. The van der Waals surface area contributed by atoms with Crippen LogP contribution < -0.4 is 9.64 Å². The van der Waals surface area contributed by atoms with E-state index in [1.54, 1.807) is 31.2 Å². The lowest BCUT2D eigenvalue weighted by Gasteiger charge is -2.25. The Labute approximate surface area is 229 Å². The number of rotatable bonds is 12. The van der Waals surface area contributed by atoms with Gasteiger partial charge in [0.05, 0.1) is 22.8 Å². The Bertz CT molecular complexity index is 1330. The molecule has 0 bridgehead atoms. The Morgan fingerprint density at radius 3 is 2.50 bits per heavy atom. The van der Waals surface area contributed by atoms with Crippen molar-refractivity contribution >= 4 is 42.6 Å². The topological polar surface area (TPSA) is 92.3 Å². The summed E-state index contributed by atoms with van der Waals surface area (Å²) in [5.41, 5.74) is 1.11. The zero-order chi connectivity index (χ0) is 27.3. The molecule has 1 aliphatic heterocycles. The summed E-state index contributed by atoms with van der Waals surface area (Å²) in [7, 11) is -0.533. The SMILES string of the molecule is CCN(CC)CCN(C(=O)c1ccc(S(=O)(=O)N(C)CC2CCCO2)cc1)c1nc2c(OC)cccc2s1. The lowest BCUT2D eigenvalue weighted by Crippen LogP contribution is -2.39. The second-order valence-corrected chi connectivity index (χ2v) is 12.3. The molecule has 1 atom stereocenters. The highest BCUT2D eigenvalue weighted by atomic mass is 32.2. The van der Waals surface area contributed by atoms with Crippen molar-refractivity contribution in [3.8, 4) is 5.75 Å². The number of nitrogens with zero attached hydrogens (tertiary/aromatic N) is 4. The van der Waals surface area contributed by atoms with Crippen LogP contribution in [0, 0.1) is 0 Å². The number of benzene rings is 2. The third kappa shape index (κ3) is 6.18. The molecule has 1 unspecified atom stereocenters. The number of hydrogen-bond acceptors (Lipinski definition) is 8. The van der Waals surface area contributed by atoms with Crippen molar-refractivity contribution in [2.45, 2.75) is 37.7 Å². The molecule has 1 fully saturated rings. The molecule has 38 heavy (non-hydrogen) atoms. The van der Waals surface area contributed by atoms with Crippen molar-refractivity contribution in [1.29, 1.82) is 0 Å². The molecule has 0 N–H and O–H groups in total. The van der Waals surface area contributed by atoms with E-state index in [1.165, 1.54) is 27.8 Å². The van der Waals surface area contributed by atoms with Crippen LogP contribution in [0.5, 0.6) is 5.75 Å². The average molecular weight is 561 g/mol. The van der Waals surface area contributed by atoms with Gasteiger partial charge in [0.25, 0.3) is 5.91 Å². The maximum absolute atomic E-state index is 13.8. The summed E-state index contributed by atoms with van der Waals surface area (Å²) < 4.78 is 39.5. The van der Waals surface area contributed by atoms with E-state index < -0.39 is 10.0 Å². The number of thiazole rings is 1. The van der Waals surface area contributed by atoms with Crippen molar-refractivity contribution < 1.29 is 22.7 Å². The Hall–Kier alpha value is -2.57. The first-order valence-corrected chi connectivity index (χ1v) is 15.2. The number of carbonyl (C=O) groups excluding carboxylic acids is 1. The van der Waals surface area contributed by atoms with E-state index in [4.69, 9.17) is 14.5 Å². The van der Waals surface area contributed by atoms with Gasteiger partial charge in [-0.2, -0.15) is 4.31 Å². The zero-order valence-corrected chi connectivity index (χ0v) is 24.1. The van der Waals surface area contributed by atoms with Crippen LogP contribution in [0.2, 0.25) is 0 Å². The van der Waals surface area contributed by atoms with E-state index in [-0.39, 0.29) is 16.9 Å². The predicted molar refractivity (Wildman–Crippen MR) is 151 cm³/mol. The van der Waals surface area contributed by atoms with E-state index in [0.717, 1.165) is 30.6 Å². The quantitative estimate of drug-likeness (QED) is 0.329. The summed E-state index contributed by atoms with van der Waals surface area (Å²) in [6.45, 7) is 8.04. The summed E-state index contributed by atoms with van der Waals surface area (Å²) in [5, 5.41) is 0.578. The molecular formula is C27H36N4O5S2.